The van der Waals surface area contributed by atoms with Crippen molar-refractivity contribution in [3.05, 3.63) is 162 Å². The summed E-state index contributed by atoms with van der Waals surface area (Å²) in [5.41, 5.74) is 4.92. The van der Waals surface area contributed by atoms with Crippen LogP contribution < -0.4 is 14.7 Å². The summed E-state index contributed by atoms with van der Waals surface area (Å²) in [5.74, 6) is 0.374. The van der Waals surface area contributed by atoms with E-state index in [-0.39, 0.29) is 5.72 Å². The molecule has 0 heterocycles. The van der Waals surface area contributed by atoms with E-state index in [2.05, 4.69) is 188 Å². The molecule has 52 heavy (non-hydrogen) atoms. The molecule has 0 aliphatic heterocycles. The van der Waals surface area contributed by atoms with E-state index in [0.29, 0.717) is 19.1 Å². The zero-order chi connectivity index (χ0) is 36.6. The SMILES string of the molecule is COC(C)(C)N(Cc1cccc(C(OCC2CCC(OC)(N(C)c3ccccc3)CC2)(c2ccccc2)N(C)c2ccccc2)c1)c1ccccc1. The maximum atomic E-state index is 7.47. The first-order chi connectivity index (χ1) is 25.2. The van der Waals surface area contributed by atoms with Crippen LogP contribution in [-0.2, 0) is 26.5 Å². The summed E-state index contributed by atoms with van der Waals surface area (Å²) < 4.78 is 19.8. The van der Waals surface area contributed by atoms with Crippen LogP contribution in [0.25, 0.3) is 0 Å². The predicted octanol–water partition coefficient (Wildman–Crippen LogP) is 10.1. The average molecular weight is 698 g/mol. The summed E-state index contributed by atoms with van der Waals surface area (Å²) in [5, 5.41) is 0. The summed E-state index contributed by atoms with van der Waals surface area (Å²) in [6.07, 6.45) is 3.86. The van der Waals surface area contributed by atoms with Gasteiger partial charge in [-0.3, -0.25) is 0 Å². The molecule has 6 heteroatoms. The number of ether oxygens (including phenoxy) is 3. The Kier molecular flexibility index (Phi) is 11.7. The van der Waals surface area contributed by atoms with Crippen molar-refractivity contribution in [3.8, 4) is 0 Å². The van der Waals surface area contributed by atoms with Gasteiger partial charge in [0.05, 0.1) is 6.61 Å². The fourth-order valence-corrected chi connectivity index (χ4v) is 7.79. The highest BCUT2D eigenvalue weighted by Gasteiger charge is 2.44. The van der Waals surface area contributed by atoms with Crippen molar-refractivity contribution in [2.45, 2.75) is 63.3 Å². The Balaban J connectivity index is 1.36. The first-order valence-corrected chi connectivity index (χ1v) is 18.5. The lowest BCUT2D eigenvalue weighted by Gasteiger charge is -2.48. The minimum absolute atomic E-state index is 0.343. The number of para-hydroxylation sites is 3. The second-order valence-electron chi connectivity index (χ2n) is 14.5. The zero-order valence-electron chi connectivity index (χ0n) is 31.7. The Labute approximate surface area is 311 Å². The molecule has 0 saturated heterocycles. The molecule has 0 aromatic heterocycles. The minimum Gasteiger partial charge on any atom is -0.359 e. The van der Waals surface area contributed by atoms with Crippen LogP contribution in [0.15, 0.2) is 146 Å². The maximum absolute atomic E-state index is 7.47. The minimum atomic E-state index is -0.899. The van der Waals surface area contributed by atoms with Gasteiger partial charge in [0.2, 0.25) is 0 Å². The van der Waals surface area contributed by atoms with Crippen molar-refractivity contribution < 1.29 is 14.2 Å². The van der Waals surface area contributed by atoms with Gasteiger partial charge in [0.1, 0.15) is 11.4 Å². The van der Waals surface area contributed by atoms with Gasteiger partial charge in [-0.05, 0) is 93.5 Å². The summed E-state index contributed by atoms with van der Waals surface area (Å²) >= 11 is 0. The molecular weight excluding hydrogens is 643 g/mol. The number of benzene rings is 5. The van der Waals surface area contributed by atoms with Crippen molar-refractivity contribution in [3.63, 3.8) is 0 Å². The number of nitrogens with zero attached hydrogens (tertiary/aromatic N) is 3. The van der Waals surface area contributed by atoms with Gasteiger partial charge in [-0.25, -0.2) is 0 Å². The summed E-state index contributed by atoms with van der Waals surface area (Å²) in [4.78, 5) is 6.94. The fraction of sp³-hybridized carbons (Fsp3) is 0.348. The molecule has 0 radical (unpaired) electrons. The summed E-state index contributed by atoms with van der Waals surface area (Å²) in [6, 6.07) is 51.2. The van der Waals surface area contributed by atoms with Gasteiger partial charge in [0, 0.05) is 63.0 Å². The number of methoxy groups -OCH3 is 2. The maximum Gasteiger partial charge on any atom is 0.193 e. The molecule has 1 aliphatic rings. The first kappa shape index (κ1) is 37.1. The molecule has 0 amide bonds. The molecule has 1 aliphatic carbocycles. The molecule has 1 saturated carbocycles. The number of hydrogen-bond acceptors (Lipinski definition) is 6. The van der Waals surface area contributed by atoms with Crippen LogP contribution in [0.2, 0.25) is 0 Å². The van der Waals surface area contributed by atoms with E-state index >= 15 is 0 Å². The average Bonchev–Trinajstić information content (AvgIpc) is 3.21. The van der Waals surface area contributed by atoms with Crippen LogP contribution in [0, 0.1) is 5.92 Å². The lowest BCUT2D eigenvalue weighted by Crippen LogP contribution is -2.52. The molecule has 1 atom stereocenters. The van der Waals surface area contributed by atoms with Gasteiger partial charge >= 0.3 is 0 Å². The van der Waals surface area contributed by atoms with Crippen LogP contribution in [0.3, 0.4) is 0 Å². The lowest BCUT2D eigenvalue weighted by molar-refractivity contribution is -0.0775. The molecule has 1 fully saturated rings. The molecule has 5 aromatic carbocycles. The molecule has 6 nitrogen and oxygen atoms in total. The van der Waals surface area contributed by atoms with E-state index in [0.717, 1.165) is 48.2 Å². The summed E-state index contributed by atoms with van der Waals surface area (Å²) in [6.45, 7) is 5.50. The number of rotatable bonds is 15. The molecule has 0 bridgehead atoms. The molecule has 0 spiro atoms. The Morgan fingerprint density at radius 3 is 1.71 bits per heavy atom. The third-order valence-electron chi connectivity index (χ3n) is 11.2. The molecule has 272 valence electrons. The van der Waals surface area contributed by atoms with Crippen molar-refractivity contribution in [1.29, 1.82) is 0 Å². The largest absolute Gasteiger partial charge is 0.359 e. The van der Waals surface area contributed by atoms with Crippen molar-refractivity contribution >= 4 is 17.1 Å². The second kappa shape index (κ2) is 16.4. The first-order valence-electron chi connectivity index (χ1n) is 18.5. The van der Waals surface area contributed by atoms with Crippen LogP contribution in [0.1, 0.15) is 56.2 Å². The highest BCUT2D eigenvalue weighted by atomic mass is 16.5. The van der Waals surface area contributed by atoms with Crippen LogP contribution in [-0.4, -0.2) is 46.4 Å². The lowest BCUT2D eigenvalue weighted by atomic mass is 9.82. The highest BCUT2D eigenvalue weighted by molar-refractivity contribution is 5.55. The van der Waals surface area contributed by atoms with Crippen LogP contribution in [0.5, 0.6) is 0 Å². The van der Waals surface area contributed by atoms with Crippen molar-refractivity contribution in [2.24, 2.45) is 5.92 Å². The summed E-state index contributed by atoms with van der Waals surface area (Å²) in [7, 11) is 7.94. The molecule has 0 N–H and O–H groups in total. The molecular formula is C46H55N3O3. The fourth-order valence-electron chi connectivity index (χ4n) is 7.79. The van der Waals surface area contributed by atoms with Gasteiger partial charge in [0.15, 0.2) is 5.72 Å². The third kappa shape index (κ3) is 7.75. The van der Waals surface area contributed by atoms with Gasteiger partial charge in [-0.1, -0.05) is 103 Å². The number of anilines is 3. The Morgan fingerprint density at radius 2 is 1.15 bits per heavy atom. The van der Waals surface area contributed by atoms with Gasteiger partial charge in [0.25, 0.3) is 0 Å². The van der Waals surface area contributed by atoms with Crippen LogP contribution in [0.4, 0.5) is 17.1 Å². The Hall–Kier alpha value is -4.62. The van der Waals surface area contributed by atoms with E-state index in [4.69, 9.17) is 14.2 Å². The van der Waals surface area contributed by atoms with Crippen molar-refractivity contribution in [1.82, 2.24) is 0 Å². The van der Waals surface area contributed by atoms with E-state index in [9.17, 15) is 0 Å². The molecule has 1 unspecified atom stereocenters. The molecule has 6 rings (SSSR count). The second-order valence-corrected chi connectivity index (χ2v) is 14.5. The number of hydrogen-bond donors (Lipinski definition) is 0. The van der Waals surface area contributed by atoms with E-state index in [1.54, 1.807) is 7.11 Å². The van der Waals surface area contributed by atoms with E-state index in [1.807, 2.05) is 7.11 Å². The normalized spacial score (nSPS) is 18.7. The van der Waals surface area contributed by atoms with Gasteiger partial charge in [-0.2, -0.15) is 0 Å². The zero-order valence-corrected chi connectivity index (χ0v) is 31.7. The molecule has 5 aromatic rings. The monoisotopic (exact) mass is 697 g/mol. The third-order valence-corrected chi connectivity index (χ3v) is 11.2. The predicted molar refractivity (Wildman–Crippen MR) is 215 cm³/mol. The smallest absolute Gasteiger partial charge is 0.193 e. The quantitative estimate of drug-likeness (QED) is 0.101. The Bertz CT molecular complexity index is 1810. The van der Waals surface area contributed by atoms with E-state index < -0.39 is 11.4 Å². The Morgan fingerprint density at radius 1 is 0.635 bits per heavy atom. The van der Waals surface area contributed by atoms with E-state index in [1.165, 1.54) is 11.3 Å². The standard InChI is InChI=1S/C46H55N3O3/c1-44(2,50-5)49(43-28-17-10-18-29-43)35-38-20-19-23-40(34-38)46(39-21-11-7-12-22-39,48(4)42-26-15-9-16-27-42)52-36-37-30-32-45(51-6,33-31-37)47(3)41-24-13-8-14-25-41/h7-29,34,37H,30-33,35-36H2,1-6H3. The highest BCUT2D eigenvalue weighted by Crippen LogP contribution is 2.43. The van der Waals surface area contributed by atoms with Gasteiger partial charge < -0.3 is 28.9 Å². The van der Waals surface area contributed by atoms with Gasteiger partial charge in [-0.15, -0.1) is 0 Å². The topological polar surface area (TPSA) is 37.4 Å². The van der Waals surface area contributed by atoms with Crippen molar-refractivity contribution in [2.75, 3.05) is 49.6 Å². The van der Waals surface area contributed by atoms with Crippen LogP contribution >= 0.6 is 0 Å².